The van der Waals surface area contributed by atoms with E-state index < -0.39 is 11.2 Å². The highest BCUT2D eigenvalue weighted by atomic mass is 16.6. The summed E-state index contributed by atoms with van der Waals surface area (Å²) >= 11 is 0. The molecule has 1 N–H and O–H groups in total. The minimum absolute atomic E-state index is 0.231. The van der Waals surface area contributed by atoms with E-state index in [0.717, 1.165) is 55.3 Å². The van der Waals surface area contributed by atoms with E-state index in [-0.39, 0.29) is 5.75 Å². The van der Waals surface area contributed by atoms with Crippen molar-refractivity contribution < 1.29 is 14.6 Å². The second-order valence-electron chi connectivity index (χ2n) is 9.78. The van der Waals surface area contributed by atoms with Crippen LogP contribution in [0.4, 0.5) is 0 Å². The summed E-state index contributed by atoms with van der Waals surface area (Å²) in [6, 6.07) is 35.2. The smallest absolute Gasteiger partial charge is 0.212 e. The third-order valence-corrected chi connectivity index (χ3v) is 8.25. The van der Waals surface area contributed by atoms with Crippen molar-refractivity contribution in [2.24, 2.45) is 0 Å². The van der Waals surface area contributed by atoms with Gasteiger partial charge in [-0.2, -0.15) is 0 Å². The average molecular weight is 450 g/mol. The highest BCUT2D eigenvalue weighted by molar-refractivity contribution is 6.03. The van der Waals surface area contributed by atoms with Crippen molar-refractivity contribution in [3.05, 3.63) is 125 Å². The Balaban J connectivity index is 1.55. The number of fused-ring (bicyclic) bond motifs is 6. The molecular formula is C32H18O3. The molecule has 2 atom stereocenters. The molecule has 0 amide bonds. The maximum atomic E-state index is 10.5. The first kappa shape index (κ1) is 17.9. The van der Waals surface area contributed by atoms with Gasteiger partial charge < -0.3 is 14.6 Å². The Labute approximate surface area is 200 Å². The minimum Gasteiger partial charge on any atom is -0.508 e. The molecule has 3 aliphatic rings. The SMILES string of the molecule is Oc1ccc2ccc3c(c2c1)C12Oc4ccc5ccccc5c4C1(O3)c1cccc3cccc2c13. The Hall–Kier alpha value is -4.50. The Morgan fingerprint density at radius 2 is 1.09 bits per heavy atom. The lowest BCUT2D eigenvalue weighted by Gasteiger charge is -2.34. The van der Waals surface area contributed by atoms with Gasteiger partial charge in [0, 0.05) is 11.1 Å². The zero-order chi connectivity index (χ0) is 22.9. The fourth-order valence-corrected chi connectivity index (χ4v) is 7.05. The van der Waals surface area contributed by atoms with Crippen LogP contribution in [0.5, 0.6) is 17.2 Å². The largest absolute Gasteiger partial charge is 0.508 e. The number of hydrogen-bond acceptors (Lipinski definition) is 3. The second-order valence-corrected chi connectivity index (χ2v) is 9.78. The quantitative estimate of drug-likeness (QED) is 0.267. The van der Waals surface area contributed by atoms with Gasteiger partial charge in [0.2, 0.25) is 11.2 Å². The van der Waals surface area contributed by atoms with E-state index in [2.05, 4.69) is 84.9 Å². The van der Waals surface area contributed by atoms with Crippen LogP contribution in [0.2, 0.25) is 0 Å². The van der Waals surface area contributed by atoms with Crippen LogP contribution in [0.3, 0.4) is 0 Å². The molecule has 1 aliphatic carbocycles. The first-order chi connectivity index (χ1) is 17.2. The first-order valence-electron chi connectivity index (χ1n) is 11.9. The molecule has 0 spiro atoms. The number of phenols is 1. The normalized spacial score (nSPS) is 22.5. The van der Waals surface area contributed by atoms with E-state index in [1.807, 2.05) is 12.1 Å². The average Bonchev–Trinajstić information content (AvgIpc) is 3.43. The van der Waals surface area contributed by atoms with Gasteiger partial charge in [-0.1, -0.05) is 78.9 Å². The molecule has 35 heavy (non-hydrogen) atoms. The van der Waals surface area contributed by atoms with Gasteiger partial charge in [0.15, 0.2) is 0 Å². The first-order valence-corrected chi connectivity index (χ1v) is 11.9. The third-order valence-electron chi connectivity index (χ3n) is 8.25. The van der Waals surface area contributed by atoms with Gasteiger partial charge >= 0.3 is 0 Å². The molecule has 3 heteroatoms. The summed E-state index contributed by atoms with van der Waals surface area (Å²) < 4.78 is 14.4. The molecule has 0 saturated carbocycles. The van der Waals surface area contributed by atoms with Crippen molar-refractivity contribution >= 4 is 32.3 Å². The van der Waals surface area contributed by atoms with Crippen LogP contribution in [-0.2, 0) is 11.2 Å². The number of hydrogen-bond donors (Lipinski definition) is 1. The molecule has 2 aliphatic heterocycles. The number of aromatic hydroxyl groups is 1. The fourth-order valence-electron chi connectivity index (χ4n) is 7.05. The van der Waals surface area contributed by atoms with Crippen LogP contribution in [0, 0.1) is 0 Å². The van der Waals surface area contributed by atoms with Crippen LogP contribution in [0.15, 0.2) is 103 Å². The number of ether oxygens (including phenoxy) is 2. The zero-order valence-corrected chi connectivity index (χ0v) is 18.6. The van der Waals surface area contributed by atoms with Gasteiger partial charge in [-0.05, 0) is 56.6 Å². The van der Waals surface area contributed by atoms with E-state index in [4.69, 9.17) is 9.47 Å². The lowest BCUT2D eigenvalue weighted by molar-refractivity contribution is -0.00417. The number of rotatable bonds is 0. The molecular weight excluding hydrogens is 432 g/mol. The van der Waals surface area contributed by atoms with Crippen molar-refractivity contribution in [1.82, 2.24) is 0 Å². The Kier molecular flexibility index (Phi) is 2.86. The van der Waals surface area contributed by atoms with E-state index in [1.54, 1.807) is 6.07 Å². The molecule has 0 saturated heterocycles. The summed E-state index contributed by atoms with van der Waals surface area (Å²) in [5.41, 5.74) is 2.53. The third kappa shape index (κ3) is 1.76. The molecule has 0 radical (unpaired) electrons. The highest BCUT2D eigenvalue weighted by Crippen LogP contribution is 2.72. The Morgan fingerprint density at radius 1 is 0.514 bits per heavy atom. The van der Waals surface area contributed by atoms with E-state index in [9.17, 15) is 5.11 Å². The van der Waals surface area contributed by atoms with Crippen molar-refractivity contribution in [3.8, 4) is 17.2 Å². The standard InChI is InChI=1S/C32H18O3/c33-21-14-11-19-13-16-27-30(23(19)17-21)32-25-10-4-7-20-6-3-9-24(28(20)25)31(32,35-27)29-22-8-2-1-5-18(22)12-15-26(29)34-32/h1-17,33H. The van der Waals surface area contributed by atoms with Crippen molar-refractivity contribution in [3.63, 3.8) is 0 Å². The van der Waals surface area contributed by atoms with Gasteiger partial charge in [-0.3, -0.25) is 0 Å². The highest BCUT2D eigenvalue weighted by Gasteiger charge is 2.74. The van der Waals surface area contributed by atoms with Crippen LogP contribution < -0.4 is 9.47 Å². The molecule has 6 aromatic carbocycles. The molecule has 0 fully saturated rings. The van der Waals surface area contributed by atoms with Crippen LogP contribution >= 0.6 is 0 Å². The summed E-state index contributed by atoms with van der Waals surface area (Å²) in [6.07, 6.45) is 0. The summed E-state index contributed by atoms with van der Waals surface area (Å²) in [4.78, 5) is 0. The summed E-state index contributed by atoms with van der Waals surface area (Å²) in [5.74, 6) is 1.88. The van der Waals surface area contributed by atoms with Crippen molar-refractivity contribution in [2.75, 3.05) is 0 Å². The topological polar surface area (TPSA) is 38.7 Å². The summed E-state index contributed by atoms with van der Waals surface area (Å²) in [6.45, 7) is 0. The fraction of sp³-hybridized carbons (Fsp3) is 0.0625. The van der Waals surface area contributed by atoms with Gasteiger partial charge in [-0.15, -0.1) is 0 Å². The molecule has 0 bridgehead atoms. The Bertz CT molecular complexity index is 1930. The molecule has 3 nitrogen and oxygen atoms in total. The van der Waals surface area contributed by atoms with Crippen molar-refractivity contribution in [1.29, 1.82) is 0 Å². The predicted molar refractivity (Wildman–Crippen MR) is 136 cm³/mol. The van der Waals surface area contributed by atoms with Gasteiger partial charge in [0.1, 0.15) is 17.2 Å². The molecule has 2 unspecified atom stereocenters. The van der Waals surface area contributed by atoms with E-state index >= 15 is 0 Å². The lowest BCUT2D eigenvalue weighted by Crippen LogP contribution is -2.46. The predicted octanol–water partition coefficient (Wildman–Crippen LogP) is 7.14. The maximum Gasteiger partial charge on any atom is 0.212 e. The van der Waals surface area contributed by atoms with E-state index in [0.29, 0.717) is 0 Å². The zero-order valence-electron chi connectivity index (χ0n) is 18.6. The Morgan fingerprint density at radius 3 is 1.80 bits per heavy atom. The van der Waals surface area contributed by atoms with Crippen LogP contribution in [-0.4, -0.2) is 5.11 Å². The van der Waals surface area contributed by atoms with Gasteiger partial charge in [0.25, 0.3) is 0 Å². The summed E-state index contributed by atoms with van der Waals surface area (Å²) in [5, 5.41) is 17.2. The lowest BCUT2D eigenvalue weighted by atomic mass is 9.73. The second kappa shape index (κ2) is 5.59. The molecule has 0 aromatic heterocycles. The minimum atomic E-state index is -0.898. The van der Waals surface area contributed by atoms with E-state index in [1.165, 1.54) is 10.8 Å². The van der Waals surface area contributed by atoms with Crippen LogP contribution in [0.1, 0.15) is 22.3 Å². The molecule has 9 rings (SSSR count). The number of benzene rings is 6. The molecule has 164 valence electrons. The molecule has 6 aromatic rings. The molecule has 2 heterocycles. The monoisotopic (exact) mass is 450 g/mol. The van der Waals surface area contributed by atoms with Crippen molar-refractivity contribution in [2.45, 2.75) is 11.2 Å². The van der Waals surface area contributed by atoms with Gasteiger partial charge in [0.05, 0.1) is 11.1 Å². The van der Waals surface area contributed by atoms with Gasteiger partial charge in [-0.25, -0.2) is 0 Å². The maximum absolute atomic E-state index is 10.5. The number of phenolic OH excluding ortho intramolecular Hbond substituents is 1. The summed E-state index contributed by atoms with van der Waals surface area (Å²) in [7, 11) is 0. The van der Waals surface area contributed by atoms with Crippen LogP contribution in [0.25, 0.3) is 32.3 Å².